The van der Waals surface area contributed by atoms with Crippen molar-refractivity contribution in [2.45, 2.75) is 31.4 Å². The predicted molar refractivity (Wildman–Crippen MR) is 75.4 cm³/mol. The Labute approximate surface area is 118 Å². The Hall–Kier alpha value is -0.900. The van der Waals surface area contributed by atoms with Crippen molar-refractivity contribution < 1.29 is 8.42 Å². The summed E-state index contributed by atoms with van der Waals surface area (Å²) in [6.07, 6.45) is 0.902. The number of rotatable bonds is 2. The maximum atomic E-state index is 12.5. The van der Waals surface area contributed by atoms with Crippen molar-refractivity contribution in [1.82, 2.24) is 4.31 Å². The zero-order valence-corrected chi connectivity index (χ0v) is 13.0. The van der Waals surface area contributed by atoms with E-state index in [0.717, 1.165) is 17.8 Å². The Morgan fingerprint density at radius 3 is 2.58 bits per heavy atom. The van der Waals surface area contributed by atoms with Gasteiger partial charge in [-0.3, -0.25) is 0 Å². The van der Waals surface area contributed by atoms with E-state index in [-0.39, 0.29) is 9.62 Å². The van der Waals surface area contributed by atoms with Gasteiger partial charge in [0.2, 0.25) is 0 Å². The van der Waals surface area contributed by atoms with E-state index in [1.807, 2.05) is 6.07 Å². The fraction of sp³-hybridized carbons (Fsp3) is 0.615. The lowest BCUT2D eigenvalue weighted by Crippen LogP contribution is -2.30. The van der Waals surface area contributed by atoms with E-state index in [1.54, 1.807) is 10.4 Å². The van der Waals surface area contributed by atoms with Crippen LogP contribution in [-0.4, -0.2) is 25.8 Å². The molecule has 0 radical (unpaired) electrons. The Balaban J connectivity index is 2.21. The third-order valence-corrected chi connectivity index (χ3v) is 6.98. The Bertz CT molecular complexity index is 605. The summed E-state index contributed by atoms with van der Waals surface area (Å²) in [6, 6.07) is 5.07. The van der Waals surface area contributed by atoms with Crippen molar-refractivity contribution in [2.75, 3.05) is 13.1 Å². The van der Waals surface area contributed by atoms with E-state index >= 15 is 0 Å². The molecule has 1 aliphatic heterocycles. The van der Waals surface area contributed by atoms with Crippen LogP contribution < -0.4 is 0 Å². The highest BCUT2D eigenvalue weighted by Crippen LogP contribution is 2.36. The van der Waals surface area contributed by atoms with Crippen LogP contribution in [0.3, 0.4) is 0 Å². The number of nitrogens with zero attached hydrogens (tertiary/aromatic N) is 2. The van der Waals surface area contributed by atoms with Gasteiger partial charge in [-0.1, -0.05) is 20.8 Å². The van der Waals surface area contributed by atoms with Crippen LogP contribution in [0.1, 0.15) is 32.1 Å². The van der Waals surface area contributed by atoms with Crippen molar-refractivity contribution in [3.05, 3.63) is 17.0 Å². The fourth-order valence-electron chi connectivity index (χ4n) is 2.30. The van der Waals surface area contributed by atoms with Crippen LogP contribution in [0.5, 0.6) is 0 Å². The van der Waals surface area contributed by atoms with Crippen LogP contribution in [0.15, 0.2) is 16.3 Å². The normalized spacial score (nSPS) is 21.5. The van der Waals surface area contributed by atoms with Gasteiger partial charge in [-0.25, -0.2) is 8.42 Å². The minimum atomic E-state index is -3.42. The maximum Gasteiger partial charge on any atom is 0.252 e. The van der Waals surface area contributed by atoms with E-state index in [4.69, 9.17) is 5.26 Å². The number of hydrogen-bond donors (Lipinski definition) is 0. The summed E-state index contributed by atoms with van der Waals surface area (Å²) in [6.45, 7) is 7.59. The summed E-state index contributed by atoms with van der Waals surface area (Å²) in [5, 5.41) is 8.78. The molecule has 0 aromatic carbocycles. The SMILES string of the molecule is CC(C)(C)C1CCN(S(=O)(=O)c2ccc(C#N)s2)C1. The molecule has 0 aliphatic carbocycles. The molecule has 1 aromatic rings. The quantitative estimate of drug-likeness (QED) is 0.843. The molecular weight excluding hydrogens is 280 g/mol. The van der Waals surface area contributed by atoms with Crippen LogP contribution in [-0.2, 0) is 10.0 Å². The largest absolute Gasteiger partial charge is 0.252 e. The summed E-state index contributed by atoms with van der Waals surface area (Å²) in [7, 11) is -3.42. The highest BCUT2D eigenvalue weighted by atomic mass is 32.2. The van der Waals surface area contributed by atoms with Gasteiger partial charge >= 0.3 is 0 Å². The first-order valence-corrected chi connectivity index (χ1v) is 8.51. The predicted octanol–water partition coefficient (Wildman–Crippen LogP) is 2.68. The first-order valence-electron chi connectivity index (χ1n) is 6.25. The van der Waals surface area contributed by atoms with Gasteiger partial charge in [0, 0.05) is 13.1 Å². The topological polar surface area (TPSA) is 61.2 Å². The second-order valence-electron chi connectivity index (χ2n) is 5.95. The highest BCUT2D eigenvalue weighted by Gasteiger charge is 2.38. The summed E-state index contributed by atoms with van der Waals surface area (Å²) < 4.78 is 26.8. The van der Waals surface area contributed by atoms with Gasteiger partial charge in [-0.05, 0) is 29.9 Å². The average molecular weight is 298 g/mol. The molecule has 1 aliphatic rings. The molecule has 1 unspecified atom stereocenters. The first-order chi connectivity index (χ1) is 8.75. The van der Waals surface area contributed by atoms with Crippen molar-refractivity contribution in [3.8, 4) is 6.07 Å². The fourth-order valence-corrected chi connectivity index (χ4v) is 5.06. The second kappa shape index (κ2) is 4.89. The molecule has 1 saturated heterocycles. The smallest absolute Gasteiger partial charge is 0.206 e. The van der Waals surface area contributed by atoms with E-state index < -0.39 is 10.0 Å². The van der Waals surface area contributed by atoms with E-state index in [0.29, 0.717) is 23.9 Å². The minimum absolute atomic E-state index is 0.123. The van der Waals surface area contributed by atoms with Gasteiger partial charge in [0.05, 0.1) is 0 Å². The summed E-state index contributed by atoms with van der Waals surface area (Å²) in [4.78, 5) is 0.435. The van der Waals surface area contributed by atoms with Crippen LogP contribution in [0.4, 0.5) is 0 Å². The number of hydrogen-bond acceptors (Lipinski definition) is 4. The third-order valence-electron chi connectivity index (χ3n) is 3.66. The second-order valence-corrected chi connectivity index (χ2v) is 9.19. The van der Waals surface area contributed by atoms with Gasteiger partial charge < -0.3 is 0 Å². The van der Waals surface area contributed by atoms with Gasteiger partial charge in [0.25, 0.3) is 10.0 Å². The van der Waals surface area contributed by atoms with Gasteiger partial charge in [0.1, 0.15) is 15.2 Å². The molecule has 104 valence electrons. The van der Waals surface area contributed by atoms with Crippen molar-refractivity contribution in [1.29, 1.82) is 5.26 Å². The van der Waals surface area contributed by atoms with Gasteiger partial charge in [-0.2, -0.15) is 9.57 Å². The molecular formula is C13H18N2O2S2. The minimum Gasteiger partial charge on any atom is -0.206 e. The third kappa shape index (κ3) is 2.83. The lowest BCUT2D eigenvalue weighted by atomic mass is 9.80. The van der Waals surface area contributed by atoms with Crippen LogP contribution in [0.25, 0.3) is 0 Å². The molecule has 1 aromatic heterocycles. The summed E-state index contributed by atoms with van der Waals surface area (Å²) in [5.74, 6) is 0.387. The molecule has 0 bridgehead atoms. The van der Waals surface area contributed by atoms with E-state index in [2.05, 4.69) is 20.8 Å². The standard InChI is InChI=1S/C13H18N2O2S2/c1-13(2,3)10-6-7-15(9-10)19(16,17)12-5-4-11(8-14)18-12/h4-5,10H,6-7,9H2,1-3H3. The lowest BCUT2D eigenvalue weighted by Gasteiger charge is -2.26. The summed E-state index contributed by atoms with van der Waals surface area (Å²) >= 11 is 1.04. The zero-order valence-electron chi connectivity index (χ0n) is 11.4. The molecule has 2 heterocycles. The number of sulfonamides is 1. The first kappa shape index (κ1) is 14.5. The molecule has 0 N–H and O–H groups in total. The van der Waals surface area contributed by atoms with Crippen molar-refractivity contribution in [2.24, 2.45) is 11.3 Å². The van der Waals surface area contributed by atoms with Crippen LogP contribution in [0, 0.1) is 22.7 Å². The van der Waals surface area contributed by atoms with Gasteiger partial charge in [0.15, 0.2) is 0 Å². The van der Waals surface area contributed by atoms with E-state index in [1.165, 1.54) is 6.07 Å². The average Bonchev–Trinajstić information content (AvgIpc) is 2.98. The summed E-state index contributed by atoms with van der Waals surface area (Å²) in [5.41, 5.74) is 0.123. The van der Waals surface area contributed by atoms with Crippen LogP contribution >= 0.6 is 11.3 Å². The molecule has 4 nitrogen and oxygen atoms in total. The van der Waals surface area contributed by atoms with Crippen molar-refractivity contribution in [3.63, 3.8) is 0 Å². The molecule has 19 heavy (non-hydrogen) atoms. The number of thiophene rings is 1. The Morgan fingerprint density at radius 2 is 2.11 bits per heavy atom. The highest BCUT2D eigenvalue weighted by molar-refractivity contribution is 7.91. The van der Waals surface area contributed by atoms with E-state index in [9.17, 15) is 8.42 Å². The Morgan fingerprint density at radius 1 is 1.42 bits per heavy atom. The monoisotopic (exact) mass is 298 g/mol. The molecule has 0 spiro atoms. The zero-order chi connectivity index (χ0) is 14.3. The molecule has 2 rings (SSSR count). The number of nitriles is 1. The molecule has 1 atom stereocenters. The Kier molecular flexibility index (Phi) is 3.74. The van der Waals surface area contributed by atoms with Crippen LogP contribution in [0.2, 0.25) is 0 Å². The molecule has 6 heteroatoms. The van der Waals surface area contributed by atoms with Crippen molar-refractivity contribution >= 4 is 21.4 Å². The maximum absolute atomic E-state index is 12.5. The molecule has 0 amide bonds. The lowest BCUT2D eigenvalue weighted by molar-refractivity contribution is 0.252. The molecule has 0 saturated carbocycles. The molecule has 1 fully saturated rings. The van der Waals surface area contributed by atoms with Gasteiger partial charge in [-0.15, -0.1) is 11.3 Å².